The summed E-state index contributed by atoms with van der Waals surface area (Å²) < 4.78 is 46.6. The fraction of sp³-hybridized carbons (Fsp3) is 0.0130. The van der Waals surface area contributed by atoms with Crippen LogP contribution in [0.3, 0.4) is 0 Å². The second kappa shape index (κ2) is 17.6. The summed E-state index contributed by atoms with van der Waals surface area (Å²) in [5.74, 6) is -0.739. The summed E-state index contributed by atoms with van der Waals surface area (Å²) in [6.07, 6.45) is 0. The molecule has 0 saturated carbocycles. The van der Waals surface area contributed by atoms with Gasteiger partial charge in [-0.15, -0.1) is 0 Å². The lowest BCUT2D eigenvalue weighted by Crippen LogP contribution is -2.33. The fourth-order valence-electron chi connectivity index (χ4n) is 14.6. The maximum absolute atomic E-state index is 15.4. The number of hydrogen-bond acceptors (Lipinski definition) is 4. The molecule has 0 fully saturated rings. The summed E-state index contributed by atoms with van der Waals surface area (Å²) in [7, 11) is 0. The highest BCUT2D eigenvalue weighted by atomic mass is 19.1. The topological polar surface area (TPSA) is 46.4 Å². The fourth-order valence-corrected chi connectivity index (χ4v) is 14.6. The van der Waals surface area contributed by atoms with Crippen molar-refractivity contribution in [3.05, 3.63) is 305 Å². The Balaban J connectivity index is 1.01. The summed E-state index contributed by atoms with van der Waals surface area (Å²) in [5.41, 5.74) is 16.3. The Hall–Kier alpha value is -11.8. The van der Waals surface area contributed by atoms with Crippen LogP contribution in [0.25, 0.3) is 114 Å². The summed E-state index contributed by atoms with van der Waals surface area (Å²) in [6, 6.07) is 83.0. The Bertz CT molecular complexity index is 5660. The molecule has 0 amide bonds. The van der Waals surface area contributed by atoms with E-state index >= 15 is 8.78 Å². The number of aromatic nitrogens is 1. The van der Waals surface area contributed by atoms with Gasteiger partial charge in [0.15, 0.2) is 11.2 Å². The zero-order valence-electron chi connectivity index (χ0n) is 45.5. The molecule has 3 aromatic heterocycles. The van der Waals surface area contributed by atoms with Crippen LogP contribution in [0.15, 0.2) is 258 Å². The molecule has 9 heteroatoms. The van der Waals surface area contributed by atoms with E-state index in [1.54, 1.807) is 24.3 Å². The van der Waals surface area contributed by atoms with Crippen molar-refractivity contribution in [2.24, 2.45) is 0 Å². The molecule has 0 bridgehead atoms. The van der Waals surface area contributed by atoms with E-state index in [1.807, 2.05) is 72.8 Å². The number of hydrogen-bond donors (Lipinski definition) is 0. The molecule has 0 N–H and O–H groups in total. The van der Waals surface area contributed by atoms with Gasteiger partial charge in [-0.05, 0) is 152 Å². The van der Waals surface area contributed by atoms with Gasteiger partial charge in [0.25, 0.3) is 0 Å². The number of halogens is 2. The third kappa shape index (κ3) is 6.35. The number of fused-ring (bicyclic) bond motifs is 22. The smallest absolute Gasteiger partial charge is 0.229 e. The molecule has 7 nitrogen and oxygen atoms in total. The molecule has 1 spiro atoms. The van der Waals surface area contributed by atoms with E-state index < -0.39 is 5.41 Å². The largest absolute Gasteiger partial charge is 0.465 e. The highest BCUT2D eigenvalue weighted by molar-refractivity contribution is 6.20. The van der Waals surface area contributed by atoms with E-state index in [1.165, 1.54) is 35.4 Å². The van der Waals surface area contributed by atoms with Gasteiger partial charge >= 0.3 is 0 Å². The average Bonchev–Trinajstić information content (AvgIpc) is 1.48. The monoisotopic (exact) mass is 1110 g/mol. The number of furan rings is 2. The second-order valence-electron chi connectivity index (χ2n) is 22.3. The minimum absolute atomic E-state index is 0.367. The van der Waals surface area contributed by atoms with E-state index in [-0.39, 0.29) is 11.6 Å². The minimum atomic E-state index is -0.914. The van der Waals surface area contributed by atoms with Crippen LogP contribution in [0.5, 0.6) is 0 Å². The van der Waals surface area contributed by atoms with Crippen LogP contribution in [-0.4, -0.2) is 4.57 Å². The molecular formula is C77H41F2N5O2. The van der Waals surface area contributed by atoms with Crippen molar-refractivity contribution in [3.63, 3.8) is 0 Å². The number of rotatable bonds is 6. The first kappa shape index (κ1) is 47.8. The molecule has 86 heavy (non-hydrogen) atoms. The van der Waals surface area contributed by atoms with Crippen molar-refractivity contribution < 1.29 is 17.6 Å². The lowest BCUT2D eigenvalue weighted by atomic mass is 9.65. The number of nitrogens with zero attached hydrogens (tertiary/aromatic N) is 5. The van der Waals surface area contributed by atoms with Crippen molar-refractivity contribution in [2.75, 3.05) is 9.80 Å². The minimum Gasteiger partial charge on any atom is -0.465 e. The highest BCUT2D eigenvalue weighted by Gasteiger charge is 2.52. The van der Waals surface area contributed by atoms with Crippen molar-refractivity contribution in [1.29, 1.82) is 0 Å². The van der Waals surface area contributed by atoms with E-state index in [0.717, 1.165) is 104 Å². The van der Waals surface area contributed by atoms with Crippen LogP contribution in [0.2, 0.25) is 0 Å². The Labute approximate surface area is 489 Å². The van der Waals surface area contributed by atoms with Crippen molar-refractivity contribution in [1.82, 2.24) is 4.57 Å². The van der Waals surface area contributed by atoms with Crippen molar-refractivity contribution in [2.45, 2.75) is 5.41 Å². The first-order chi connectivity index (χ1) is 42.4. The molecule has 2 aliphatic rings. The third-order valence-electron chi connectivity index (χ3n) is 18.1. The average molecular weight is 1110 g/mol. The number of anilines is 6. The first-order valence-corrected chi connectivity index (χ1v) is 28.4. The van der Waals surface area contributed by atoms with Gasteiger partial charge in [0.1, 0.15) is 22.8 Å². The predicted octanol–water partition coefficient (Wildman–Crippen LogP) is 21.9. The van der Waals surface area contributed by atoms with E-state index in [4.69, 9.17) is 22.0 Å². The molecule has 400 valence electrons. The van der Waals surface area contributed by atoms with Gasteiger partial charge in [0, 0.05) is 55.1 Å². The van der Waals surface area contributed by atoms with Crippen molar-refractivity contribution >= 4 is 133 Å². The molecule has 1 aliphatic carbocycles. The summed E-state index contributed by atoms with van der Waals surface area (Å²) in [4.78, 5) is 12.0. The van der Waals surface area contributed by atoms with Gasteiger partial charge in [-0.3, -0.25) is 0 Å². The van der Waals surface area contributed by atoms with Gasteiger partial charge in [-0.2, -0.15) is 0 Å². The quantitative estimate of drug-likeness (QED) is 0.156. The molecule has 1 aliphatic heterocycles. The maximum atomic E-state index is 15.4. The van der Waals surface area contributed by atoms with Crippen LogP contribution >= 0.6 is 0 Å². The lowest BCUT2D eigenvalue weighted by Gasteiger charge is -2.40. The van der Waals surface area contributed by atoms with E-state index in [9.17, 15) is 0 Å². The molecule has 0 atom stereocenters. The van der Waals surface area contributed by atoms with Gasteiger partial charge in [-0.25, -0.2) is 18.5 Å². The Morgan fingerprint density at radius 2 is 0.826 bits per heavy atom. The second-order valence-corrected chi connectivity index (χ2v) is 22.3. The molecule has 16 aromatic rings. The normalized spacial score (nSPS) is 12.8. The van der Waals surface area contributed by atoms with Gasteiger partial charge in [0.2, 0.25) is 11.4 Å². The molecule has 0 unspecified atom stereocenters. The van der Waals surface area contributed by atoms with Gasteiger partial charge < -0.3 is 23.2 Å². The Kier molecular flexibility index (Phi) is 9.80. The molecule has 18 rings (SSSR count). The summed E-state index contributed by atoms with van der Waals surface area (Å²) in [5, 5.41) is 9.82. The molecule has 4 heterocycles. The SMILES string of the molecule is [C-]#[N+]c1cccc2c1oc1c(N(c3ccc(F)cc3)c3ccc4c(c3)c3cc(N(c5ccc(F)cc5)c5cccc6c5oc5c([N+]#[C-])cccc56)cc5c3n4-c3ccccc3C53c4ccc5ccccc5c4-c4c3ccc3ccccc43)cccc12. The molecular weight excluding hydrogens is 1060 g/mol. The van der Waals surface area contributed by atoms with Crippen LogP contribution in [-0.2, 0) is 5.41 Å². The summed E-state index contributed by atoms with van der Waals surface area (Å²) >= 11 is 0. The van der Waals surface area contributed by atoms with E-state index in [2.05, 4.69) is 151 Å². The Morgan fingerprint density at radius 3 is 1.38 bits per heavy atom. The zero-order valence-corrected chi connectivity index (χ0v) is 45.5. The van der Waals surface area contributed by atoms with Crippen LogP contribution < -0.4 is 9.80 Å². The van der Waals surface area contributed by atoms with Gasteiger partial charge in [-0.1, -0.05) is 152 Å². The maximum Gasteiger partial charge on any atom is 0.229 e. The third-order valence-corrected chi connectivity index (χ3v) is 18.1. The first-order valence-electron chi connectivity index (χ1n) is 28.4. The number of para-hydroxylation sites is 5. The van der Waals surface area contributed by atoms with Crippen LogP contribution in [0.4, 0.5) is 54.3 Å². The predicted molar refractivity (Wildman–Crippen MR) is 343 cm³/mol. The van der Waals surface area contributed by atoms with Crippen LogP contribution in [0.1, 0.15) is 22.3 Å². The number of benzene rings is 13. The molecule has 13 aromatic carbocycles. The lowest BCUT2D eigenvalue weighted by molar-refractivity contribution is 0.627. The molecule has 0 saturated heterocycles. The highest BCUT2D eigenvalue weighted by Crippen LogP contribution is 2.64. The zero-order chi connectivity index (χ0) is 57.1. The molecule has 0 radical (unpaired) electrons. The van der Waals surface area contributed by atoms with Crippen LogP contribution in [0, 0.1) is 24.8 Å². The Morgan fingerprint density at radius 1 is 0.360 bits per heavy atom. The standard InChI is InChI=1S/C77H41F2N5O2/c1-80-64-22-9-17-54-56-19-11-25-68(75(56)85-73(54)64)82(48-33-29-46(78)30-34-48)50-37-40-66-58(41-50)59-42-51(83(49-35-31-47(79)32-36-49)69-26-12-20-57-55-18-10-23-65(81-2)74(55)86-76(57)69)43-63-72(59)84(66)67-24-8-7-21-60(67)77(63)61-38-27-44-13-3-5-15-52(44)70(61)71-53-16-6-4-14-45(53)28-39-62(71)77/h3-43H. The van der Waals surface area contributed by atoms with Crippen molar-refractivity contribution in [3.8, 4) is 16.8 Å². The van der Waals surface area contributed by atoms with Gasteiger partial charge in [0.05, 0.1) is 46.7 Å². The van der Waals surface area contributed by atoms with E-state index in [0.29, 0.717) is 56.5 Å². The summed E-state index contributed by atoms with van der Waals surface area (Å²) in [6.45, 7) is 16.2.